The first kappa shape index (κ1) is 21.3. The van der Waals surface area contributed by atoms with Crippen LogP contribution >= 0.6 is 11.8 Å². The Balaban J connectivity index is 1.69. The van der Waals surface area contributed by atoms with Gasteiger partial charge >= 0.3 is 0 Å². The van der Waals surface area contributed by atoms with Crippen molar-refractivity contribution in [1.29, 1.82) is 0 Å². The molecule has 6 nitrogen and oxygen atoms in total. The van der Waals surface area contributed by atoms with E-state index in [1.54, 1.807) is 18.7 Å². The highest BCUT2D eigenvalue weighted by molar-refractivity contribution is 7.99. The fraction of sp³-hybridized carbons (Fsp3) is 0.333. The summed E-state index contributed by atoms with van der Waals surface area (Å²) >= 11 is 1.57. The standard InChI is InChI=1S/C24H27N5OS/c1-16(22-27-25-17(2)30-22)31-23-28-26-21(29(23)15-18-9-7-6-8-10-18)19-11-13-20(14-12-19)24(3,4)5/h6-14,16H,15H2,1-5H3. The molecule has 4 aromatic rings. The van der Waals surface area contributed by atoms with Crippen LogP contribution in [0.5, 0.6) is 0 Å². The molecule has 0 bridgehead atoms. The third-order valence-electron chi connectivity index (χ3n) is 5.08. The van der Waals surface area contributed by atoms with E-state index in [0.717, 1.165) is 16.5 Å². The molecule has 0 aliphatic rings. The van der Waals surface area contributed by atoms with Crippen LogP contribution in [0.15, 0.2) is 64.2 Å². The van der Waals surface area contributed by atoms with Crippen molar-refractivity contribution in [2.75, 3.05) is 0 Å². The quantitative estimate of drug-likeness (QED) is 0.356. The second kappa shape index (κ2) is 8.67. The maximum atomic E-state index is 5.61. The van der Waals surface area contributed by atoms with Crippen LogP contribution in [0.2, 0.25) is 0 Å². The van der Waals surface area contributed by atoms with Gasteiger partial charge in [-0.05, 0) is 23.5 Å². The number of nitrogens with zero attached hydrogens (tertiary/aromatic N) is 5. The van der Waals surface area contributed by atoms with Gasteiger partial charge in [-0.2, -0.15) is 0 Å². The summed E-state index contributed by atoms with van der Waals surface area (Å²) in [6.07, 6.45) is 0. The van der Waals surface area contributed by atoms with Crippen molar-refractivity contribution >= 4 is 11.8 Å². The summed E-state index contributed by atoms with van der Waals surface area (Å²) < 4.78 is 7.77. The van der Waals surface area contributed by atoms with Gasteiger partial charge < -0.3 is 4.42 Å². The van der Waals surface area contributed by atoms with Crippen molar-refractivity contribution in [3.8, 4) is 11.4 Å². The minimum absolute atomic E-state index is 0.0314. The van der Waals surface area contributed by atoms with Crippen molar-refractivity contribution in [3.63, 3.8) is 0 Å². The number of thioether (sulfide) groups is 1. The molecule has 0 fully saturated rings. The maximum Gasteiger partial charge on any atom is 0.229 e. The number of benzene rings is 2. The highest BCUT2D eigenvalue weighted by Gasteiger charge is 2.21. The second-order valence-electron chi connectivity index (χ2n) is 8.62. The summed E-state index contributed by atoms with van der Waals surface area (Å²) in [6.45, 7) is 11.2. The minimum atomic E-state index is -0.0314. The number of aryl methyl sites for hydroxylation is 1. The van der Waals surface area contributed by atoms with Gasteiger partial charge in [0, 0.05) is 12.5 Å². The lowest BCUT2D eigenvalue weighted by Gasteiger charge is -2.19. The van der Waals surface area contributed by atoms with Gasteiger partial charge in [0.1, 0.15) is 0 Å². The molecule has 0 saturated carbocycles. The monoisotopic (exact) mass is 433 g/mol. The van der Waals surface area contributed by atoms with Crippen LogP contribution in [-0.4, -0.2) is 25.0 Å². The fourth-order valence-corrected chi connectivity index (χ4v) is 4.18. The van der Waals surface area contributed by atoms with Crippen molar-refractivity contribution in [2.45, 2.75) is 57.0 Å². The van der Waals surface area contributed by atoms with E-state index in [1.165, 1.54) is 11.1 Å². The van der Waals surface area contributed by atoms with Crippen LogP contribution in [0, 0.1) is 6.92 Å². The SMILES string of the molecule is Cc1nnc(C(C)Sc2nnc(-c3ccc(C(C)(C)C)cc3)n2Cc2ccccc2)o1. The summed E-state index contributed by atoms with van der Waals surface area (Å²) in [6, 6.07) is 19.0. The van der Waals surface area contributed by atoms with Crippen molar-refractivity contribution in [3.05, 3.63) is 77.5 Å². The van der Waals surface area contributed by atoms with Gasteiger partial charge in [-0.3, -0.25) is 4.57 Å². The molecule has 1 atom stereocenters. The molecule has 31 heavy (non-hydrogen) atoms. The predicted octanol–water partition coefficient (Wildman–Crippen LogP) is 5.84. The summed E-state index contributed by atoms with van der Waals surface area (Å²) in [7, 11) is 0. The molecule has 0 amide bonds. The van der Waals surface area contributed by atoms with Gasteiger partial charge in [0.05, 0.1) is 11.8 Å². The molecule has 2 aromatic heterocycles. The lowest BCUT2D eigenvalue weighted by atomic mass is 9.87. The van der Waals surface area contributed by atoms with E-state index in [0.29, 0.717) is 18.3 Å². The van der Waals surface area contributed by atoms with E-state index in [-0.39, 0.29) is 10.7 Å². The third-order valence-corrected chi connectivity index (χ3v) is 6.15. The van der Waals surface area contributed by atoms with Crippen molar-refractivity contribution in [2.24, 2.45) is 0 Å². The zero-order valence-electron chi connectivity index (χ0n) is 18.5. The molecular formula is C24H27N5OS. The van der Waals surface area contributed by atoms with E-state index in [2.05, 4.69) is 82.1 Å². The molecule has 0 radical (unpaired) electrons. The van der Waals surface area contributed by atoms with E-state index in [1.807, 2.05) is 25.1 Å². The van der Waals surface area contributed by atoms with E-state index in [9.17, 15) is 0 Å². The van der Waals surface area contributed by atoms with Crippen LogP contribution in [0.25, 0.3) is 11.4 Å². The summed E-state index contributed by atoms with van der Waals surface area (Å²) in [4.78, 5) is 0. The van der Waals surface area contributed by atoms with Gasteiger partial charge in [-0.1, -0.05) is 87.1 Å². The predicted molar refractivity (Wildman–Crippen MR) is 123 cm³/mol. The number of rotatable bonds is 6. The Morgan fingerprint density at radius 1 is 0.935 bits per heavy atom. The second-order valence-corrected chi connectivity index (χ2v) is 9.93. The molecule has 2 aromatic carbocycles. The van der Waals surface area contributed by atoms with Crippen molar-refractivity contribution in [1.82, 2.24) is 25.0 Å². The topological polar surface area (TPSA) is 69.6 Å². The van der Waals surface area contributed by atoms with E-state index >= 15 is 0 Å². The first-order valence-electron chi connectivity index (χ1n) is 10.4. The minimum Gasteiger partial charge on any atom is -0.424 e. The molecule has 1 unspecified atom stereocenters. The van der Waals surface area contributed by atoms with Crippen LogP contribution < -0.4 is 0 Å². The lowest BCUT2D eigenvalue weighted by molar-refractivity contribution is 0.469. The van der Waals surface area contributed by atoms with Crippen molar-refractivity contribution < 1.29 is 4.42 Å². The third kappa shape index (κ3) is 4.88. The molecule has 7 heteroatoms. The first-order chi connectivity index (χ1) is 14.8. The number of hydrogen-bond acceptors (Lipinski definition) is 6. The zero-order chi connectivity index (χ0) is 22.0. The summed E-state index contributed by atoms with van der Waals surface area (Å²) in [5.74, 6) is 2.00. The highest BCUT2D eigenvalue weighted by Crippen LogP contribution is 2.35. The normalized spacial score (nSPS) is 12.8. The van der Waals surface area contributed by atoms with Crippen LogP contribution in [0.4, 0.5) is 0 Å². The van der Waals surface area contributed by atoms with Crippen LogP contribution in [0.3, 0.4) is 0 Å². The molecule has 0 saturated heterocycles. The molecule has 2 heterocycles. The van der Waals surface area contributed by atoms with Crippen LogP contribution in [0.1, 0.15) is 55.9 Å². The molecule has 0 aliphatic heterocycles. The van der Waals surface area contributed by atoms with Gasteiger partial charge in [0.25, 0.3) is 0 Å². The average molecular weight is 434 g/mol. The largest absolute Gasteiger partial charge is 0.424 e. The Morgan fingerprint density at radius 2 is 1.65 bits per heavy atom. The molecule has 160 valence electrons. The van der Waals surface area contributed by atoms with Crippen LogP contribution in [-0.2, 0) is 12.0 Å². The van der Waals surface area contributed by atoms with Gasteiger partial charge in [0.15, 0.2) is 11.0 Å². The molecule has 4 rings (SSSR count). The molecule has 0 spiro atoms. The Labute approximate surface area is 187 Å². The van der Waals surface area contributed by atoms with Gasteiger partial charge in [-0.15, -0.1) is 20.4 Å². The van der Waals surface area contributed by atoms with Gasteiger partial charge in [-0.25, -0.2) is 0 Å². The fourth-order valence-electron chi connectivity index (χ4n) is 3.30. The molecule has 0 aliphatic carbocycles. The van der Waals surface area contributed by atoms with E-state index < -0.39 is 0 Å². The zero-order valence-corrected chi connectivity index (χ0v) is 19.3. The Morgan fingerprint density at radius 3 is 2.26 bits per heavy atom. The number of hydrogen-bond donors (Lipinski definition) is 0. The van der Waals surface area contributed by atoms with Gasteiger partial charge in [0.2, 0.25) is 11.8 Å². The lowest BCUT2D eigenvalue weighted by Crippen LogP contribution is -2.10. The highest BCUT2D eigenvalue weighted by atomic mass is 32.2. The maximum absolute atomic E-state index is 5.61. The number of aromatic nitrogens is 5. The molecular weight excluding hydrogens is 406 g/mol. The van der Waals surface area contributed by atoms with E-state index in [4.69, 9.17) is 4.42 Å². The average Bonchev–Trinajstić information content (AvgIpc) is 3.35. The summed E-state index contributed by atoms with van der Waals surface area (Å²) in [5.41, 5.74) is 3.64. The first-order valence-corrected chi connectivity index (χ1v) is 11.2. The Kier molecular flexibility index (Phi) is 5.96. The Hall–Kier alpha value is -2.93. The molecule has 0 N–H and O–H groups in total. The summed E-state index contributed by atoms with van der Waals surface area (Å²) in [5, 5.41) is 18.0. The smallest absolute Gasteiger partial charge is 0.229 e. The Bertz CT molecular complexity index is 1140.